The summed E-state index contributed by atoms with van der Waals surface area (Å²) in [5.74, 6) is -0.837. The highest BCUT2D eigenvalue weighted by atomic mass is 35.5. The lowest BCUT2D eigenvalue weighted by atomic mass is 10.2. The van der Waals surface area contributed by atoms with Crippen LogP contribution in [0.1, 0.15) is 21.7 Å². The molecule has 3 aromatic rings. The zero-order valence-corrected chi connectivity index (χ0v) is 17.8. The molecule has 2 N–H and O–H groups in total. The molecule has 1 aromatic heterocycles. The third-order valence-corrected chi connectivity index (χ3v) is 6.02. The predicted molar refractivity (Wildman–Crippen MR) is 113 cm³/mol. The monoisotopic (exact) mass is 462 g/mol. The molecule has 162 valence electrons. The van der Waals surface area contributed by atoms with Gasteiger partial charge >= 0.3 is 5.97 Å². The first-order valence-electron chi connectivity index (χ1n) is 9.14. The Morgan fingerprint density at radius 1 is 1.00 bits per heavy atom. The Kier molecular flexibility index (Phi) is 7.45. The Hall–Kier alpha value is -3.14. The lowest BCUT2D eigenvalue weighted by Crippen LogP contribution is -2.28. The van der Waals surface area contributed by atoms with Gasteiger partial charge in [0.1, 0.15) is 10.7 Å². The largest absolute Gasteiger partial charge is 0.467 e. The number of carbonyl (C=O) groups is 2. The molecule has 1 heterocycles. The second-order valence-corrected chi connectivity index (χ2v) is 8.53. The zero-order chi connectivity index (χ0) is 22.3. The molecule has 0 radical (unpaired) electrons. The van der Waals surface area contributed by atoms with E-state index in [0.717, 1.165) is 11.6 Å². The van der Waals surface area contributed by atoms with Crippen molar-refractivity contribution in [2.24, 2.45) is 0 Å². The summed E-state index contributed by atoms with van der Waals surface area (Å²) in [6.07, 6.45) is 1.47. The molecule has 0 aliphatic heterocycles. The number of benzene rings is 2. The first-order chi connectivity index (χ1) is 14.8. The summed E-state index contributed by atoms with van der Waals surface area (Å²) in [6.45, 7) is -0.319. The van der Waals surface area contributed by atoms with Crippen LogP contribution in [0.4, 0.5) is 0 Å². The molecule has 0 saturated carbocycles. The van der Waals surface area contributed by atoms with Crippen LogP contribution in [0.2, 0.25) is 5.02 Å². The molecule has 0 fully saturated rings. The molecule has 0 aliphatic rings. The highest BCUT2D eigenvalue weighted by Gasteiger charge is 2.21. The third-order valence-electron chi connectivity index (χ3n) is 4.14. The standard InChI is InChI=1S/C21H19ClN2O6S/c22-18-9-8-16(21(26)30-14-20(25)23-13-17-7-4-10-29-17)11-19(18)31(27,28)24-12-15-5-2-1-3-6-15/h1-11,24H,12-14H2,(H,23,25). The SMILES string of the molecule is O=C(COC(=O)c1ccc(Cl)c(S(=O)(=O)NCc2ccccc2)c1)NCc1ccco1. The minimum absolute atomic E-state index is 0.0479. The van der Waals surface area contributed by atoms with Crippen molar-refractivity contribution in [3.8, 4) is 0 Å². The van der Waals surface area contributed by atoms with Gasteiger partial charge in [-0.2, -0.15) is 0 Å². The van der Waals surface area contributed by atoms with Crippen LogP contribution in [-0.4, -0.2) is 26.9 Å². The minimum Gasteiger partial charge on any atom is -0.467 e. The topological polar surface area (TPSA) is 115 Å². The Balaban J connectivity index is 1.61. The molecule has 8 nitrogen and oxygen atoms in total. The van der Waals surface area contributed by atoms with Crippen molar-refractivity contribution in [3.05, 3.63) is 88.8 Å². The van der Waals surface area contributed by atoms with E-state index in [1.54, 1.807) is 36.4 Å². The van der Waals surface area contributed by atoms with Gasteiger partial charge in [0.2, 0.25) is 10.0 Å². The molecule has 2 aromatic carbocycles. The van der Waals surface area contributed by atoms with Crippen molar-refractivity contribution in [1.29, 1.82) is 0 Å². The Bertz CT molecular complexity index is 1150. The van der Waals surface area contributed by atoms with Gasteiger partial charge in [0.25, 0.3) is 5.91 Å². The fraction of sp³-hybridized carbons (Fsp3) is 0.143. The number of hydrogen-bond donors (Lipinski definition) is 2. The average Bonchev–Trinajstić information content (AvgIpc) is 3.29. The number of carbonyl (C=O) groups excluding carboxylic acids is 2. The molecule has 0 saturated heterocycles. The normalized spacial score (nSPS) is 11.1. The maximum absolute atomic E-state index is 12.6. The lowest BCUT2D eigenvalue weighted by molar-refractivity contribution is -0.124. The van der Waals surface area contributed by atoms with Crippen molar-refractivity contribution in [2.45, 2.75) is 18.0 Å². The van der Waals surface area contributed by atoms with E-state index in [2.05, 4.69) is 10.0 Å². The predicted octanol–water partition coefficient (Wildman–Crippen LogP) is 2.88. The second kappa shape index (κ2) is 10.3. The van der Waals surface area contributed by atoms with E-state index in [1.807, 2.05) is 6.07 Å². The Morgan fingerprint density at radius 3 is 2.48 bits per heavy atom. The van der Waals surface area contributed by atoms with Crippen molar-refractivity contribution in [3.63, 3.8) is 0 Å². The maximum atomic E-state index is 12.6. The van der Waals surface area contributed by atoms with Gasteiger partial charge in [-0.25, -0.2) is 17.9 Å². The van der Waals surface area contributed by atoms with E-state index in [0.29, 0.717) is 5.76 Å². The van der Waals surface area contributed by atoms with Gasteiger partial charge in [-0.3, -0.25) is 4.79 Å². The number of halogens is 1. The number of hydrogen-bond acceptors (Lipinski definition) is 6. The molecule has 3 rings (SSSR count). The fourth-order valence-electron chi connectivity index (χ4n) is 2.55. The zero-order valence-electron chi connectivity index (χ0n) is 16.2. The van der Waals surface area contributed by atoms with E-state index < -0.39 is 28.5 Å². The van der Waals surface area contributed by atoms with E-state index in [-0.39, 0.29) is 28.6 Å². The van der Waals surface area contributed by atoms with Crippen molar-refractivity contribution >= 4 is 33.5 Å². The maximum Gasteiger partial charge on any atom is 0.338 e. The molecular weight excluding hydrogens is 444 g/mol. The van der Waals surface area contributed by atoms with Gasteiger partial charge in [0, 0.05) is 6.54 Å². The Labute approximate surface area is 184 Å². The minimum atomic E-state index is -3.99. The smallest absolute Gasteiger partial charge is 0.338 e. The van der Waals surface area contributed by atoms with Crippen LogP contribution in [-0.2, 0) is 32.6 Å². The third kappa shape index (κ3) is 6.42. The molecule has 0 spiro atoms. The highest BCUT2D eigenvalue weighted by molar-refractivity contribution is 7.89. The van der Waals surface area contributed by atoms with Gasteiger partial charge in [-0.05, 0) is 35.9 Å². The van der Waals surface area contributed by atoms with E-state index >= 15 is 0 Å². The molecule has 0 unspecified atom stereocenters. The summed E-state index contributed by atoms with van der Waals surface area (Å²) in [7, 11) is -3.99. The van der Waals surface area contributed by atoms with Gasteiger partial charge in [0.15, 0.2) is 6.61 Å². The number of nitrogens with one attached hydrogen (secondary N) is 2. The Morgan fingerprint density at radius 2 is 1.77 bits per heavy atom. The van der Waals surface area contributed by atoms with Gasteiger partial charge in [-0.1, -0.05) is 41.9 Å². The number of rotatable bonds is 9. The summed E-state index contributed by atoms with van der Waals surface area (Å²) in [4.78, 5) is 23.8. The summed E-state index contributed by atoms with van der Waals surface area (Å²) < 4.78 is 37.8. The van der Waals surface area contributed by atoms with Crippen LogP contribution in [0.25, 0.3) is 0 Å². The van der Waals surface area contributed by atoms with Crippen molar-refractivity contribution < 1.29 is 27.2 Å². The van der Waals surface area contributed by atoms with Crippen molar-refractivity contribution in [1.82, 2.24) is 10.0 Å². The first-order valence-corrected chi connectivity index (χ1v) is 11.0. The van der Waals surface area contributed by atoms with Crippen molar-refractivity contribution in [2.75, 3.05) is 6.61 Å². The molecule has 1 amide bonds. The molecule has 0 bridgehead atoms. The first kappa shape index (κ1) is 22.5. The summed E-state index contributed by atoms with van der Waals surface area (Å²) in [6, 6.07) is 16.0. The van der Waals surface area contributed by atoms with Crippen LogP contribution < -0.4 is 10.0 Å². The number of sulfonamides is 1. The second-order valence-electron chi connectivity index (χ2n) is 6.39. The summed E-state index contributed by atoms with van der Waals surface area (Å²) in [5, 5.41) is 2.48. The summed E-state index contributed by atoms with van der Waals surface area (Å²) in [5.41, 5.74) is 0.710. The van der Waals surface area contributed by atoms with E-state index in [4.69, 9.17) is 20.8 Å². The van der Waals surface area contributed by atoms with Crippen LogP contribution in [0.5, 0.6) is 0 Å². The lowest BCUT2D eigenvalue weighted by Gasteiger charge is -2.10. The molecule has 0 aliphatic carbocycles. The number of amides is 1. The fourth-order valence-corrected chi connectivity index (χ4v) is 4.09. The quantitative estimate of drug-likeness (QED) is 0.472. The average molecular weight is 463 g/mol. The molecule has 10 heteroatoms. The summed E-state index contributed by atoms with van der Waals surface area (Å²) >= 11 is 6.04. The number of esters is 1. The van der Waals surface area contributed by atoms with Gasteiger partial charge in [-0.15, -0.1) is 0 Å². The number of furan rings is 1. The van der Waals surface area contributed by atoms with Crippen LogP contribution in [0, 0.1) is 0 Å². The highest BCUT2D eigenvalue weighted by Crippen LogP contribution is 2.23. The molecule has 31 heavy (non-hydrogen) atoms. The van der Waals surface area contributed by atoms with E-state index in [1.165, 1.54) is 18.4 Å². The molecular formula is C21H19ClN2O6S. The van der Waals surface area contributed by atoms with Crippen LogP contribution in [0.3, 0.4) is 0 Å². The van der Waals surface area contributed by atoms with Gasteiger partial charge < -0.3 is 14.5 Å². The van der Waals surface area contributed by atoms with Crippen LogP contribution in [0.15, 0.2) is 76.2 Å². The van der Waals surface area contributed by atoms with Crippen LogP contribution >= 0.6 is 11.6 Å². The van der Waals surface area contributed by atoms with Gasteiger partial charge in [0.05, 0.1) is 23.4 Å². The number of ether oxygens (including phenoxy) is 1. The molecule has 0 atom stereocenters. The van der Waals surface area contributed by atoms with E-state index in [9.17, 15) is 18.0 Å².